The van der Waals surface area contributed by atoms with Crippen molar-refractivity contribution in [3.8, 4) is 0 Å². The van der Waals surface area contributed by atoms with Crippen molar-refractivity contribution in [1.82, 2.24) is 4.72 Å². The lowest BCUT2D eigenvalue weighted by Gasteiger charge is -2.07. The lowest BCUT2D eigenvalue weighted by atomic mass is 10.2. The summed E-state index contributed by atoms with van der Waals surface area (Å²) in [5.74, 6) is 0. The Morgan fingerprint density at radius 3 is 2.45 bits per heavy atom. The second-order valence-corrected chi connectivity index (χ2v) is 7.21. The molecule has 0 radical (unpaired) electrons. The number of nitrogens with one attached hydrogen (secondary N) is 1. The van der Waals surface area contributed by atoms with Gasteiger partial charge in [-0.15, -0.1) is 11.3 Å². The third kappa shape index (κ3) is 4.14. The van der Waals surface area contributed by atoms with E-state index in [1.54, 1.807) is 35.6 Å². The maximum atomic E-state index is 12.1. The van der Waals surface area contributed by atoms with Gasteiger partial charge in [-0.3, -0.25) is 0 Å². The summed E-state index contributed by atoms with van der Waals surface area (Å²) >= 11 is 1.63. The minimum Gasteiger partial charge on any atom is -0.330 e. The van der Waals surface area contributed by atoms with E-state index in [1.165, 1.54) is 4.88 Å². The lowest BCUT2D eigenvalue weighted by molar-refractivity contribution is 0.582. The summed E-state index contributed by atoms with van der Waals surface area (Å²) in [6.45, 7) is 0.971. The molecule has 4 nitrogen and oxygen atoms in total. The first-order valence-corrected chi connectivity index (χ1v) is 8.79. The molecule has 0 aliphatic carbocycles. The van der Waals surface area contributed by atoms with Gasteiger partial charge in [-0.05, 0) is 48.5 Å². The molecule has 0 spiro atoms. The van der Waals surface area contributed by atoms with Crippen molar-refractivity contribution in [2.45, 2.75) is 17.7 Å². The van der Waals surface area contributed by atoms with Gasteiger partial charge in [0, 0.05) is 11.4 Å². The molecule has 1 aromatic carbocycles. The third-order valence-electron chi connectivity index (χ3n) is 2.91. The van der Waals surface area contributed by atoms with Crippen LogP contribution in [0.1, 0.15) is 10.4 Å². The fourth-order valence-electron chi connectivity index (χ4n) is 1.85. The van der Waals surface area contributed by atoms with Crippen LogP contribution < -0.4 is 10.5 Å². The minimum absolute atomic E-state index is 0.296. The molecule has 0 bridgehead atoms. The van der Waals surface area contributed by atoms with Crippen LogP contribution in [-0.4, -0.2) is 21.5 Å². The van der Waals surface area contributed by atoms with Crippen molar-refractivity contribution in [3.05, 3.63) is 52.2 Å². The first-order chi connectivity index (χ1) is 9.62. The van der Waals surface area contributed by atoms with Gasteiger partial charge in [0.1, 0.15) is 0 Å². The van der Waals surface area contributed by atoms with Crippen LogP contribution in [0, 0.1) is 0 Å². The van der Waals surface area contributed by atoms with E-state index in [4.69, 9.17) is 5.73 Å². The smallest absolute Gasteiger partial charge is 0.240 e. The van der Waals surface area contributed by atoms with Gasteiger partial charge in [0.05, 0.1) is 4.90 Å². The summed E-state index contributed by atoms with van der Waals surface area (Å²) in [4.78, 5) is 1.47. The van der Waals surface area contributed by atoms with Crippen molar-refractivity contribution in [2.75, 3.05) is 13.1 Å². The van der Waals surface area contributed by atoms with Crippen LogP contribution in [0.4, 0.5) is 0 Å². The number of nitrogens with two attached hydrogens (primary N) is 1. The van der Waals surface area contributed by atoms with Crippen LogP contribution in [0.25, 0.3) is 0 Å². The standard InChI is InChI=1S/C14H18N2O2S2/c15-9-7-12-3-5-14(6-4-12)20(17,18)16-10-8-13-2-1-11-19-13/h1-6,11,16H,7-10,15H2. The summed E-state index contributed by atoms with van der Waals surface area (Å²) in [6.07, 6.45) is 1.47. The number of benzene rings is 1. The van der Waals surface area contributed by atoms with Crippen molar-refractivity contribution >= 4 is 21.4 Å². The van der Waals surface area contributed by atoms with E-state index in [0.717, 1.165) is 12.0 Å². The molecule has 0 unspecified atom stereocenters. The molecule has 2 rings (SSSR count). The highest BCUT2D eigenvalue weighted by Crippen LogP contribution is 2.12. The van der Waals surface area contributed by atoms with E-state index >= 15 is 0 Å². The topological polar surface area (TPSA) is 72.2 Å². The number of rotatable bonds is 7. The molecule has 0 atom stereocenters. The molecule has 2 aromatic rings. The second-order valence-electron chi connectivity index (χ2n) is 4.41. The van der Waals surface area contributed by atoms with Gasteiger partial charge >= 0.3 is 0 Å². The van der Waals surface area contributed by atoms with Crippen molar-refractivity contribution in [3.63, 3.8) is 0 Å². The Morgan fingerprint density at radius 2 is 1.85 bits per heavy atom. The van der Waals surface area contributed by atoms with Gasteiger partial charge in [0.15, 0.2) is 0 Å². The van der Waals surface area contributed by atoms with Crippen LogP contribution in [-0.2, 0) is 22.9 Å². The number of hydrogen-bond acceptors (Lipinski definition) is 4. The quantitative estimate of drug-likeness (QED) is 0.818. The summed E-state index contributed by atoms with van der Waals surface area (Å²) in [6, 6.07) is 10.8. The Labute approximate surface area is 123 Å². The molecule has 108 valence electrons. The largest absolute Gasteiger partial charge is 0.330 e. The Morgan fingerprint density at radius 1 is 1.10 bits per heavy atom. The summed E-state index contributed by atoms with van der Waals surface area (Å²) < 4.78 is 26.8. The average molecular weight is 310 g/mol. The van der Waals surface area contributed by atoms with Crippen LogP contribution in [0.2, 0.25) is 0 Å². The zero-order valence-electron chi connectivity index (χ0n) is 11.1. The Bertz CT molecular complexity index is 620. The summed E-state index contributed by atoms with van der Waals surface area (Å²) in [7, 11) is -3.42. The monoisotopic (exact) mass is 310 g/mol. The normalized spacial score (nSPS) is 11.7. The molecule has 1 aromatic heterocycles. The Balaban J connectivity index is 1.95. The van der Waals surface area contributed by atoms with Crippen molar-refractivity contribution in [2.24, 2.45) is 5.73 Å². The van der Waals surface area contributed by atoms with Gasteiger partial charge in [0.2, 0.25) is 10.0 Å². The highest BCUT2D eigenvalue weighted by molar-refractivity contribution is 7.89. The third-order valence-corrected chi connectivity index (χ3v) is 5.32. The summed E-state index contributed by atoms with van der Waals surface area (Å²) in [5.41, 5.74) is 6.51. The Hall–Kier alpha value is -1.21. The maximum absolute atomic E-state index is 12.1. The lowest BCUT2D eigenvalue weighted by Crippen LogP contribution is -2.25. The fourth-order valence-corrected chi connectivity index (χ4v) is 3.59. The van der Waals surface area contributed by atoms with E-state index in [2.05, 4.69) is 4.72 Å². The predicted octanol–water partition coefficient (Wildman–Crippen LogP) is 1.77. The van der Waals surface area contributed by atoms with Crippen LogP contribution in [0.3, 0.4) is 0 Å². The van der Waals surface area contributed by atoms with Crippen LogP contribution in [0.15, 0.2) is 46.7 Å². The van der Waals surface area contributed by atoms with Gasteiger partial charge in [0.25, 0.3) is 0 Å². The second kappa shape index (κ2) is 6.99. The molecule has 20 heavy (non-hydrogen) atoms. The Kier molecular flexibility index (Phi) is 5.31. The molecular weight excluding hydrogens is 292 g/mol. The zero-order valence-corrected chi connectivity index (χ0v) is 12.7. The van der Waals surface area contributed by atoms with E-state index < -0.39 is 10.0 Å². The first-order valence-electron chi connectivity index (χ1n) is 6.43. The number of sulfonamides is 1. The van der Waals surface area contributed by atoms with E-state index in [1.807, 2.05) is 17.5 Å². The maximum Gasteiger partial charge on any atom is 0.240 e. The molecule has 6 heteroatoms. The number of thiophene rings is 1. The number of hydrogen-bond donors (Lipinski definition) is 2. The molecule has 0 fully saturated rings. The van der Waals surface area contributed by atoms with Crippen molar-refractivity contribution < 1.29 is 8.42 Å². The molecule has 0 aliphatic rings. The van der Waals surface area contributed by atoms with Gasteiger partial charge in [-0.25, -0.2) is 13.1 Å². The molecule has 0 saturated carbocycles. The first kappa shape index (κ1) is 15.2. The van der Waals surface area contributed by atoms with Crippen LogP contribution in [0.5, 0.6) is 0 Å². The average Bonchev–Trinajstić information content (AvgIpc) is 2.93. The van der Waals surface area contributed by atoms with E-state index in [-0.39, 0.29) is 0 Å². The van der Waals surface area contributed by atoms with E-state index in [0.29, 0.717) is 24.4 Å². The minimum atomic E-state index is -3.42. The molecule has 0 aliphatic heterocycles. The van der Waals surface area contributed by atoms with Gasteiger partial charge < -0.3 is 5.73 Å². The predicted molar refractivity (Wildman–Crippen MR) is 82.4 cm³/mol. The van der Waals surface area contributed by atoms with Crippen molar-refractivity contribution in [1.29, 1.82) is 0 Å². The molecule has 0 saturated heterocycles. The van der Waals surface area contributed by atoms with Gasteiger partial charge in [-0.1, -0.05) is 18.2 Å². The highest BCUT2D eigenvalue weighted by Gasteiger charge is 2.13. The zero-order chi connectivity index (χ0) is 14.4. The van der Waals surface area contributed by atoms with E-state index in [9.17, 15) is 8.42 Å². The molecule has 1 heterocycles. The molecular formula is C14H18N2O2S2. The summed E-state index contributed by atoms with van der Waals surface area (Å²) in [5, 5.41) is 1.99. The fraction of sp³-hybridized carbons (Fsp3) is 0.286. The SMILES string of the molecule is NCCc1ccc(S(=O)(=O)NCCc2cccs2)cc1. The molecule has 0 amide bonds. The van der Waals surface area contributed by atoms with Crippen LogP contribution >= 0.6 is 11.3 Å². The molecule has 3 N–H and O–H groups in total. The van der Waals surface area contributed by atoms with Gasteiger partial charge in [-0.2, -0.15) is 0 Å². The highest BCUT2D eigenvalue weighted by atomic mass is 32.2.